The van der Waals surface area contributed by atoms with E-state index in [2.05, 4.69) is 0 Å². The Morgan fingerprint density at radius 1 is 0.500 bits per heavy atom. The minimum Gasteiger partial charge on any atom is -0.281 e. The number of hydrogen-bond acceptors (Lipinski definition) is 4. The topological polar surface area (TPSA) is 34.1 Å². The molecule has 0 aromatic heterocycles. The van der Waals surface area contributed by atoms with Gasteiger partial charge in [0, 0.05) is 20.9 Å². The van der Waals surface area contributed by atoms with Gasteiger partial charge in [-0.15, -0.1) is 0 Å². The van der Waals surface area contributed by atoms with Crippen molar-refractivity contribution in [3.05, 3.63) is 119 Å². The molecule has 0 atom stereocenters. The smallest absolute Gasteiger partial charge is 0.224 e. The first-order valence-electron chi connectivity index (χ1n) is 10.3. The molecule has 0 aliphatic rings. The fourth-order valence-electron chi connectivity index (χ4n) is 3.33. The molecule has 0 N–H and O–H groups in total. The molecule has 0 bridgehead atoms. The molecule has 0 amide bonds. The summed E-state index contributed by atoms with van der Waals surface area (Å²) in [6.07, 6.45) is 0. The third-order valence-electron chi connectivity index (χ3n) is 5.05. The minimum atomic E-state index is -0.0436. The highest BCUT2D eigenvalue weighted by Crippen LogP contribution is 2.34. The molecule has 2 nitrogen and oxygen atoms in total. The Kier molecular flexibility index (Phi) is 6.93. The van der Waals surface area contributed by atoms with Crippen molar-refractivity contribution >= 4 is 33.8 Å². The van der Waals surface area contributed by atoms with Gasteiger partial charge >= 0.3 is 0 Å². The van der Waals surface area contributed by atoms with Crippen molar-refractivity contribution in [3.8, 4) is 11.1 Å². The molecule has 0 heterocycles. The molecular formula is C28H22O2S2. The molecule has 0 aliphatic heterocycles. The quantitative estimate of drug-likeness (QED) is 0.288. The van der Waals surface area contributed by atoms with E-state index in [9.17, 15) is 9.59 Å². The molecule has 158 valence electrons. The van der Waals surface area contributed by atoms with E-state index < -0.39 is 0 Å². The van der Waals surface area contributed by atoms with Crippen molar-refractivity contribution in [2.45, 2.75) is 23.6 Å². The largest absolute Gasteiger partial charge is 0.281 e. The lowest BCUT2D eigenvalue weighted by Crippen LogP contribution is -2.01. The Morgan fingerprint density at radius 3 is 1.22 bits per heavy atom. The summed E-state index contributed by atoms with van der Waals surface area (Å²) in [5, 5.41) is -0.0872. The van der Waals surface area contributed by atoms with Crippen molar-refractivity contribution in [1.29, 1.82) is 0 Å². The van der Waals surface area contributed by atoms with Gasteiger partial charge in [-0.25, -0.2) is 0 Å². The van der Waals surface area contributed by atoms with Gasteiger partial charge in [0.15, 0.2) is 0 Å². The molecule has 0 aliphatic carbocycles. The standard InChI is InChI=1S/C28H22O2S2/c1-19-11-15-21(16-12-19)31-27(29)25-9-5-3-7-23(25)24-8-4-6-10-26(24)28(30)32-22-17-13-20(2)14-18-22/h3-18H,1-2H3. The second kappa shape index (κ2) is 10.0. The first-order valence-corrected chi connectivity index (χ1v) is 11.9. The van der Waals surface area contributed by atoms with Crippen LogP contribution in [0.2, 0.25) is 0 Å². The van der Waals surface area contributed by atoms with Crippen LogP contribution in [0.1, 0.15) is 31.8 Å². The molecule has 0 saturated heterocycles. The molecule has 4 heteroatoms. The highest BCUT2D eigenvalue weighted by atomic mass is 32.2. The van der Waals surface area contributed by atoms with Gasteiger partial charge < -0.3 is 0 Å². The summed E-state index contributed by atoms with van der Waals surface area (Å²) in [4.78, 5) is 28.1. The maximum absolute atomic E-state index is 13.2. The number of carbonyl (C=O) groups excluding carboxylic acids is 2. The lowest BCUT2D eigenvalue weighted by atomic mass is 9.96. The minimum absolute atomic E-state index is 0.0436. The predicted molar refractivity (Wildman–Crippen MR) is 135 cm³/mol. The average Bonchev–Trinajstić information content (AvgIpc) is 2.82. The van der Waals surface area contributed by atoms with Gasteiger partial charge in [0.05, 0.1) is 0 Å². The van der Waals surface area contributed by atoms with Gasteiger partial charge in [-0.1, -0.05) is 71.8 Å². The number of benzene rings is 4. The van der Waals surface area contributed by atoms with E-state index in [1.807, 2.05) is 111 Å². The maximum Gasteiger partial charge on any atom is 0.224 e. The third kappa shape index (κ3) is 5.21. The van der Waals surface area contributed by atoms with Gasteiger partial charge in [-0.2, -0.15) is 0 Å². The summed E-state index contributed by atoms with van der Waals surface area (Å²) < 4.78 is 0. The summed E-state index contributed by atoms with van der Waals surface area (Å²) in [5.41, 5.74) is 5.04. The third-order valence-corrected chi connectivity index (χ3v) is 6.87. The number of carbonyl (C=O) groups is 2. The molecule has 0 spiro atoms. The second-order valence-corrected chi connectivity index (χ2v) is 9.59. The van der Waals surface area contributed by atoms with Gasteiger partial charge in [0.25, 0.3) is 0 Å². The van der Waals surface area contributed by atoms with Gasteiger partial charge in [0.2, 0.25) is 10.2 Å². The number of aryl methyl sites for hydroxylation is 2. The fraction of sp³-hybridized carbons (Fsp3) is 0.0714. The van der Waals surface area contributed by atoms with Crippen LogP contribution >= 0.6 is 23.5 Å². The van der Waals surface area contributed by atoms with E-state index in [0.29, 0.717) is 11.1 Å². The van der Waals surface area contributed by atoms with Crippen LogP contribution in [-0.2, 0) is 0 Å². The lowest BCUT2D eigenvalue weighted by molar-refractivity contribution is 0.108. The zero-order valence-electron chi connectivity index (χ0n) is 17.9. The van der Waals surface area contributed by atoms with E-state index in [1.54, 1.807) is 0 Å². The normalized spacial score (nSPS) is 10.7. The zero-order chi connectivity index (χ0) is 22.5. The molecule has 4 aromatic rings. The first kappa shape index (κ1) is 22.1. The number of hydrogen-bond donors (Lipinski definition) is 0. The van der Waals surface area contributed by atoms with Crippen molar-refractivity contribution in [3.63, 3.8) is 0 Å². The Labute approximate surface area is 197 Å². The molecule has 0 saturated carbocycles. The summed E-state index contributed by atoms with van der Waals surface area (Å²) in [6, 6.07) is 30.8. The van der Waals surface area contributed by atoms with Crippen LogP contribution in [0.3, 0.4) is 0 Å². The van der Waals surface area contributed by atoms with Crippen LogP contribution in [0.4, 0.5) is 0 Å². The van der Waals surface area contributed by atoms with Crippen molar-refractivity contribution in [2.24, 2.45) is 0 Å². The average molecular weight is 455 g/mol. The zero-order valence-corrected chi connectivity index (χ0v) is 19.5. The summed E-state index contributed by atoms with van der Waals surface area (Å²) in [6.45, 7) is 4.04. The Bertz CT molecular complexity index is 1160. The van der Waals surface area contributed by atoms with E-state index in [4.69, 9.17) is 0 Å². The fourth-order valence-corrected chi connectivity index (χ4v) is 4.88. The van der Waals surface area contributed by atoms with Gasteiger partial charge in [0.1, 0.15) is 0 Å². The predicted octanol–water partition coefficient (Wildman–Crippen LogP) is 7.84. The highest BCUT2D eigenvalue weighted by molar-refractivity contribution is 8.14. The van der Waals surface area contributed by atoms with Crippen LogP contribution in [0.15, 0.2) is 107 Å². The van der Waals surface area contributed by atoms with E-state index >= 15 is 0 Å². The molecule has 4 rings (SSSR count). The molecule has 0 radical (unpaired) electrons. The van der Waals surface area contributed by atoms with Gasteiger partial charge in [-0.3, -0.25) is 9.59 Å². The summed E-state index contributed by atoms with van der Waals surface area (Å²) in [7, 11) is 0. The van der Waals surface area contributed by atoms with Crippen LogP contribution in [0.5, 0.6) is 0 Å². The van der Waals surface area contributed by atoms with E-state index in [0.717, 1.165) is 32.0 Å². The Hall–Kier alpha value is -3.08. The van der Waals surface area contributed by atoms with Crippen molar-refractivity contribution < 1.29 is 9.59 Å². The SMILES string of the molecule is Cc1ccc(SC(=O)c2ccccc2-c2ccccc2C(=O)Sc2ccc(C)cc2)cc1. The van der Waals surface area contributed by atoms with Crippen LogP contribution in [0.25, 0.3) is 11.1 Å². The van der Waals surface area contributed by atoms with Crippen LogP contribution < -0.4 is 0 Å². The molecule has 32 heavy (non-hydrogen) atoms. The van der Waals surface area contributed by atoms with Gasteiger partial charge in [-0.05, 0) is 84.9 Å². The van der Waals surface area contributed by atoms with Crippen LogP contribution in [0, 0.1) is 13.8 Å². The van der Waals surface area contributed by atoms with Crippen molar-refractivity contribution in [2.75, 3.05) is 0 Å². The highest BCUT2D eigenvalue weighted by Gasteiger charge is 2.19. The lowest BCUT2D eigenvalue weighted by Gasteiger charge is -2.13. The second-order valence-electron chi connectivity index (χ2n) is 7.50. The summed E-state index contributed by atoms with van der Waals surface area (Å²) >= 11 is 2.41. The Morgan fingerprint density at radius 2 is 0.844 bits per heavy atom. The number of thioether (sulfide) groups is 2. The molecule has 4 aromatic carbocycles. The number of rotatable bonds is 5. The molecular weight excluding hydrogens is 432 g/mol. The first-order chi connectivity index (χ1) is 15.5. The Balaban J connectivity index is 1.66. The molecule has 0 unspecified atom stereocenters. The van der Waals surface area contributed by atoms with E-state index in [-0.39, 0.29) is 10.2 Å². The maximum atomic E-state index is 13.2. The monoisotopic (exact) mass is 454 g/mol. The van der Waals surface area contributed by atoms with Crippen LogP contribution in [-0.4, -0.2) is 10.2 Å². The van der Waals surface area contributed by atoms with Crippen molar-refractivity contribution in [1.82, 2.24) is 0 Å². The summed E-state index contributed by atoms with van der Waals surface area (Å²) in [5.74, 6) is 0. The van der Waals surface area contributed by atoms with E-state index in [1.165, 1.54) is 23.5 Å². The molecule has 0 fully saturated rings.